The fourth-order valence-electron chi connectivity index (χ4n) is 3.35. The number of nitrogens with zero attached hydrogens (tertiary/aromatic N) is 3. The van der Waals surface area contributed by atoms with Crippen LogP contribution in [0.4, 0.5) is 5.69 Å². The maximum Gasteiger partial charge on any atom is 0.233 e. The molecule has 25 heavy (non-hydrogen) atoms. The Balaban J connectivity index is 1.72. The van der Waals surface area contributed by atoms with Gasteiger partial charge in [-0.1, -0.05) is 34.5 Å². The Labute approximate surface area is 146 Å². The van der Waals surface area contributed by atoms with Crippen molar-refractivity contribution in [2.24, 2.45) is 0 Å². The van der Waals surface area contributed by atoms with E-state index in [0.29, 0.717) is 13.0 Å². The summed E-state index contributed by atoms with van der Waals surface area (Å²) in [5.41, 5.74) is 6.98. The van der Waals surface area contributed by atoms with E-state index < -0.39 is 0 Å². The second-order valence-corrected chi connectivity index (χ2v) is 6.65. The fraction of sp³-hybridized carbons (Fsp3) is 0.250. The van der Waals surface area contributed by atoms with Gasteiger partial charge < -0.3 is 9.42 Å². The molecule has 0 radical (unpaired) electrons. The maximum atomic E-state index is 12.4. The zero-order chi connectivity index (χ0) is 17.6. The average Bonchev–Trinajstić information content (AvgIpc) is 3.10. The van der Waals surface area contributed by atoms with E-state index in [1.165, 1.54) is 11.1 Å². The van der Waals surface area contributed by atoms with Crippen molar-refractivity contribution in [1.82, 2.24) is 10.1 Å². The smallest absolute Gasteiger partial charge is 0.233 e. The second kappa shape index (κ2) is 5.84. The van der Waals surface area contributed by atoms with Crippen LogP contribution in [0.5, 0.6) is 0 Å². The van der Waals surface area contributed by atoms with Gasteiger partial charge in [-0.05, 0) is 32.4 Å². The minimum atomic E-state index is 0.0423. The lowest BCUT2D eigenvalue weighted by Crippen LogP contribution is -2.26. The van der Waals surface area contributed by atoms with Gasteiger partial charge in [0.05, 0.1) is 24.3 Å². The van der Waals surface area contributed by atoms with Crippen molar-refractivity contribution in [1.29, 1.82) is 0 Å². The molecule has 5 nitrogen and oxygen atoms in total. The summed E-state index contributed by atoms with van der Waals surface area (Å²) in [4.78, 5) is 18.7. The Morgan fingerprint density at radius 3 is 2.48 bits per heavy atom. The van der Waals surface area contributed by atoms with Crippen LogP contribution >= 0.6 is 0 Å². The van der Waals surface area contributed by atoms with E-state index in [9.17, 15) is 4.79 Å². The number of anilines is 1. The van der Waals surface area contributed by atoms with E-state index in [4.69, 9.17) is 4.52 Å². The molecule has 0 fully saturated rings. The van der Waals surface area contributed by atoms with Gasteiger partial charge in [0, 0.05) is 17.8 Å². The number of hydrogen-bond donors (Lipinski definition) is 0. The number of benzene rings is 1. The van der Waals surface area contributed by atoms with E-state index in [0.717, 1.165) is 34.0 Å². The Kier molecular flexibility index (Phi) is 3.64. The number of amides is 1. The van der Waals surface area contributed by atoms with Crippen LogP contribution in [0.25, 0.3) is 11.1 Å². The van der Waals surface area contributed by atoms with Gasteiger partial charge in [-0.2, -0.15) is 0 Å². The number of fused-ring (bicyclic) bond motifs is 1. The molecule has 0 bridgehead atoms. The predicted octanol–water partition coefficient (Wildman–Crippen LogP) is 3.75. The van der Waals surface area contributed by atoms with Crippen LogP contribution in [0.15, 0.2) is 41.1 Å². The van der Waals surface area contributed by atoms with Crippen LogP contribution < -0.4 is 4.90 Å². The summed E-state index contributed by atoms with van der Waals surface area (Å²) in [5.74, 6) is 0.782. The third-order valence-electron chi connectivity index (χ3n) is 4.41. The number of hydrogen-bond acceptors (Lipinski definition) is 4. The normalized spacial score (nSPS) is 13.4. The molecular formula is C20H19N3O2. The first-order valence-electron chi connectivity index (χ1n) is 8.30. The van der Waals surface area contributed by atoms with Crippen LogP contribution in [-0.2, 0) is 17.8 Å². The summed E-state index contributed by atoms with van der Waals surface area (Å²) in [6.07, 6.45) is 2.18. The molecule has 0 N–H and O–H groups in total. The summed E-state index contributed by atoms with van der Waals surface area (Å²) in [6.45, 7) is 6.41. The summed E-state index contributed by atoms with van der Waals surface area (Å²) in [6, 6.07) is 10.3. The summed E-state index contributed by atoms with van der Waals surface area (Å²) >= 11 is 0. The van der Waals surface area contributed by atoms with Crippen molar-refractivity contribution in [3.05, 3.63) is 64.8 Å². The van der Waals surface area contributed by atoms with E-state index in [-0.39, 0.29) is 5.91 Å². The Morgan fingerprint density at radius 2 is 1.80 bits per heavy atom. The first-order valence-corrected chi connectivity index (χ1v) is 8.30. The van der Waals surface area contributed by atoms with Gasteiger partial charge >= 0.3 is 0 Å². The first-order chi connectivity index (χ1) is 12.0. The molecule has 1 amide bonds. The zero-order valence-electron chi connectivity index (χ0n) is 14.5. The zero-order valence-corrected chi connectivity index (χ0v) is 14.5. The topological polar surface area (TPSA) is 59.2 Å². The molecule has 1 aliphatic rings. The highest BCUT2D eigenvalue weighted by atomic mass is 16.5. The predicted molar refractivity (Wildman–Crippen MR) is 95.3 cm³/mol. The van der Waals surface area contributed by atoms with Gasteiger partial charge in [0.15, 0.2) is 0 Å². The van der Waals surface area contributed by atoms with Gasteiger partial charge in [-0.3, -0.25) is 9.78 Å². The van der Waals surface area contributed by atoms with Crippen molar-refractivity contribution in [3.8, 4) is 11.1 Å². The lowest BCUT2D eigenvalue weighted by Gasteiger charge is -2.16. The van der Waals surface area contributed by atoms with Gasteiger partial charge in [0.25, 0.3) is 0 Å². The molecule has 3 aromatic rings. The lowest BCUT2D eigenvalue weighted by molar-refractivity contribution is -0.117. The summed E-state index contributed by atoms with van der Waals surface area (Å²) in [7, 11) is 0. The third-order valence-corrected chi connectivity index (χ3v) is 4.41. The quantitative estimate of drug-likeness (QED) is 0.732. The summed E-state index contributed by atoms with van der Waals surface area (Å²) < 4.78 is 5.11. The van der Waals surface area contributed by atoms with Crippen molar-refractivity contribution in [3.63, 3.8) is 0 Å². The maximum absolute atomic E-state index is 12.4. The van der Waals surface area contributed by atoms with Crippen molar-refractivity contribution >= 4 is 11.6 Å². The Morgan fingerprint density at radius 1 is 1.04 bits per heavy atom. The van der Waals surface area contributed by atoms with Gasteiger partial charge in [-0.15, -0.1) is 0 Å². The first kappa shape index (κ1) is 15.6. The fourth-order valence-corrected chi connectivity index (χ4v) is 3.35. The van der Waals surface area contributed by atoms with Crippen molar-refractivity contribution in [2.45, 2.75) is 33.7 Å². The third kappa shape index (κ3) is 2.93. The Hall–Kier alpha value is -2.95. The number of pyridine rings is 1. The number of rotatable bonds is 3. The van der Waals surface area contributed by atoms with Crippen molar-refractivity contribution < 1.29 is 9.32 Å². The molecule has 0 spiro atoms. The highest BCUT2D eigenvalue weighted by molar-refractivity contribution is 6.01. The molecule has 1 aliphatic heterocycles. The van der Waals surface area contributed by atoms with Gasteiger partial charge in [0.1, 0.15) is 11.5 Å². The van der Waals surface area contributed by atoms with E-state index in [2.05, 4.69) is 42.2 Å². The largest absolute Gasteiger partial charge is 0.361 e. The number of carbonyl (C=O) groups is 1. The van der Waals surface area contributed by atoms with Crippen LogP contribution in [0.3, 0.4) is 0 Å². The molecule has 1 aromatic carbocycles. The van der Waals surface area contributed by atoms with Crippen LogP contribution in [0.2, 0.25) is 0 Å². The van der Waals surface area contributed by atoms with Crippen molar-refractivity contribution in [2.75, 3.05) is 4.90 Å². The minimum Gasteiger partial charge on any atom is -0.361 e. The van der Waals surface area contributed by atoms with Crippen LogP contribution in [0, 0.1) is 20.8 Å². The molecular weight excluding hydrogens is 314 g/mol. The highest BCUT2D eigenvalue weighted by Gasteiger charge is 2.29. The van der Waals surface area contributed by atoms with Gasteiger partial charge in [-0.25, -0.2) is 0 Å². The van der Waals surface area contributed by atoms with E-state index in [1.54, 1.807) is 4.90 Å². The average molecular weight is 333 g/mol. The second-order valence-electron chi connectivity index (χ2n) is 6.65. The highest BCUT2D eigenvalue weighted by Crippen LogP contribution is 2.33. The minimum absolute atomic E-state index is 0.0423. The number of aryl methyl sites for hydroxylation is 3. The monoisotopic (exact) mass is 333 g/mol. The number of aromatic nitrogens is 2. The molecule has 5 heteroatoms. The molecule has 0 aliphatic carbocycles. The van der Waals surface area contributed by atoms with Crippen LogP contribution in [-0.4, -0.2) is 16.0 Å². The molecule has 0 saturated carbocycles. The SMILES string of the molecule is Cc1cc(C)cc(-c2cnc3c(c2)N(Cc2cc(C)on2)C(=O)C3)c1. The Bertz CT molecular complexity index is 955. The standard InChI is InChI=1S/C20H19N3O2/c1-12-4-13(2)6-15(5-12)16-8-19-18(21-10-16)9-20(24)23(19)11-17-7-14(3)25-22-17/h4-8,10H,9,11H2,1-3H3. The molecule has 126 valence electrons. The molecule has 2 aromatic heterocycles. The number of carbonyl (C=O) groups excluding carboxylic acids is 1. The molecule has 0 atom stereocenters. The van der Waals surface area contributed by atoms with Crippen LogP contribution in [0.1, 0.15) is 28.3 Å². The molecule has 0 unspecified atom stereocenters. The van der Waals surface area contributed by atoms with E-state index >= 15 is 0 Å². The molecule has 4 rings (SSSR count). The lowest BCUT2D eigenvalue weighted by atomic mass is 10.0. The summed E-state index contributed by atoms with van der Waals surface area (Å²) in [5, 5.41) is 4.00. The molecule has 0 saturated heterocycles. The molecule has 3 heterocycles. The van der Waals surface area contributed by atoms with E-state index in [1.807, 2.05) is 25.3 Å². The van der Waals surface area contributed by atoms with Gasteiger partial charge in [0.2, 0.25) is 5.91 Å².